The molecule has 1 fully saturated rings. The molecule has 0 aromatic carbocycles. The van der Waals surface area contributed by atoms with Gasteiger partial charge in [0, 0.05) is 19.0 Å². The van der Waals surface area contributed by atoms with Crippen LogP contribution in [0.4, 0.5) is 5.82 Å². The molecule has 100 valence electrons. The summed E-state index contributed by atoms with van der Waals surface area (Å²) in [5.41, 5.74) is -0.113. The molecule has 2 N–H and O–H groups in total. The van der Waals surface area contributed by atoms with Crippen LogP contribution in [0.3, 0.4) is 0 Å². The second kappa shape index (κ2) is 6.00. The van der Waals surface area contributed by atoms with Crippen molar-refractivity contribution >= 4 is 5.82 Å². The van der Waals surface area contributed by atoms with E-state index in [9.17, 15) is 9.90 Å². The number of nitrogens with one attached hydrogen (secondary N) is 1. The molecule has 1 saturated heterocycles. The molecule has 1 aromatic rings. The standard InChI is InChI=1S/C13H21N3O2/c1-2-11-14-12(8-13(18)15-11)16-7-5-3-4-6-10(16)9-17/h8,10,17H,2-7,9H2,1H3,(H,14,15,18). The third-order valence-corrected chi connectivity index (χ3v) is 3.49. The number of hydrogen-bond donors (Lipinski definition) is 2. The largest absolute Gasteiger partial charge is 0.394 e. The van der Waals surface area contributed by atoms with E-state index in [1.54, 1.807) is 0 Å². The Balaban J connectivity index is 2.32. The zero-order chi connectivity index (χ0) is 13.0. The molecule has 0 saturated carbocycles. The average Bonchev–Trinajstić information content (AvgIpc) is 2.62. The minimum absolute atomic E-state index is 0.0894. The molecule has 0 spiro atoms. The summed E-state index contributed by atoms with van der Waals surface area (Å²) in [7, 11) is 0. The van der Waals surface area contributed by atoms with E-state index in [1.807, 2.05) is 6.92 Å². The number of aliphatic hydroxyl groups excluding tert-OH is 1. The second-order valence-electron chi connectivity index (χ2n) is 4.78. The van der Waals surface area contributed by atoms with Crippen molar-refractivity contribution in [1.82, 2.24) is 9.97 Å². The predicted octanol–water partition coefficient (Wildman–Crippen LogP) is 1.07. The van der Waals surface area contributed by atoms with Gasteiger partial charge in [0.1, 0.15) is 11.6 Å². The van der Waals surface area contributed by atoms with Crippen LogP contribution in [0.5, 0.6) is 0 Å². The molecule has 0 bridgehead atoms. The maximum absolute atomic E-state index is 11.6. The molecule has 5 heteroatoms. The van der Waals surface area contributed by atoms with Crippen LogP contribution in [-0.4, -0.2) is 34.3 Å². The topological polar surface area (TPSA) is 69.2 Å². The Kier molecular flexibility index (Phi) is 4.36. The Morgan fingerprint density at radius 2 is 2.33 bits per heavy atom. The molecule has 1 unspecified atom stereocenters. The summed E-state index contributed by atoms with van der Waals surface area (Å²) in [4.78, 5) is 20.9. The van der Waals surface area contributed by atoms with E-state index in [1.165, 1.54) is 12.5 Å². The third-order valence-electron chi connectivity index (χ3n) is 3.49. The Morgan fingerprint density at radius 1 is 1.50 bits per heavy atom. The van der Waals surface area contributed by atoms with Crippen molar-refractivity contribution in [2.45, 2.75) is 45.1 Å². The molecule has 0 radical (unpaired) electrons. The molecule has 1 aliphatic heterocycles. The summed E-state index contributed by atoms with van der Waals surface area (Å²) < 4.78 is 0. The predicted molar refractivity (Wildman–Crippen MR) is 70.9 cm³/mol. The molecule has 1 aliphatic rings. The average molecular weight is 251 g/mol. The van der Waals surface area contributed by atoms with Crippen LogP contribution in [0.1, 0.15) is 38.4 Å². The summed E-state index contributed by atoms with van der Waals surface area (Å²) in [6.07, 6.45) is 5.07. The van der Waals surface area contributed by atoms with Gasteiger partial charge in [-0.25, -0.2) is 4.98 Å². The van der Waals surface area contributed by atoms with Gasteiger partial charge in [-0.1, -0.05) is 19.8 Å². The molecule has 2 heterocycles. The highest BCUT2D eigenvalue weighted by Gasteiger charge is 2.22. The third kappa shape index (κ3) is 2.90. The SMILES string of the molecule is CCc1nc(N2CCCCCC2CO)cc(=O)[nH]1. The monoisotopic (exact) mass is 251 g/mol. The summed E-state index contributed by atoms with van der Waals surface area (Å²) >= 11 is 0. The summed E-state index contributed by atoms with van der Waals surface area (Å²) in [5.74, 6) is 1.41. The maximum Gasteiger partial charge on any atom is 0.252 e. The number of aliphatic hydroxyl groups is 1. The maximum atomic E-state index is 11.6. The highest BCUT2D eigenvalue weighted by atomic mass is 16.3. The number of aromatic nitrogens is 2. The number of H-pyrrole nitrogens is 1. The van der Waals surface area contributed by atoms with Gasteiger partial charge in [0.05, 0.1) is 12.6 Å². The highest BCUT2D eigenvalue weighted by Crippen LogP contribution is 2.21. The van der Waals surface area contributed by atoms with Gasteiger partial charge >= 0.3 is 0 Å². The van der Waals surface area contributed by atoms with E-state index in [-0.39, 0.29) is 18.2 Å². The van der Waals surface area contributed by atoms with Gasteiger partial charge in [-0.3, -0.25) is 4.79 Å². The minimum atomic E-state index is -0.113. The van der Waals surface area contributed by atoms with Crippen LogP contribution >= 0.6 is 0 Å². The summed E-state index contributed by atoms with van der Waals surface area (Å²) in [6, 6.07) is 1.62. The first kappa shape index (κ1) is 13.1. The van der Waals surface area contributed by atoms with E-state index in [0.717, 1.165) is 25.8 Å². The van der Waals surface area contributed by atoms with Gasteiger partial charge in [0.15, 0.2) is 0 Å². The lowest BCUT2D eigenvalue weighted by Crippen LogP contribution is -2.39. The summed E-state index contributed by atoms with van der Waals surface area (Å²) in [5, 5.41) is 9.49. The fourth-order valence-corrected chi connectivity index (χ4v) is 2.48. The second-order valence-corrected chi connectivity index (χ2v) is 4.78. The molecule has 2 rings (SSSR count). The van der Waals surface area contributed by atoms with Crippen molar-refractivity contribution in [2.75, 3.05) is 18.1 Å². The van der Waals surface area contributed by atoms with Gasteiger partial charge in [-0.05, 0) is 12.8 Å². The fourth-order valence-electron chi connectivity index (χ4n) is 2.48. The number of anilines is 1. The minimum Gasteiger partial charge on any atom is -0.394 e. The quantitative estimate of drug-likeness (QED) is 0.843. The number of nitrogens with zero attached hydrogens (tertiary/aromatic N) is 2. The van der Waals surface area contributed by atoms with Crippen LogP contribution in [0.15, 0.2) is 10.9 Å². The van der Waals surface area contributed by atoms with Crippen LogP contribution in [0.2, 0.25) is 0 Å². The van der Waals surface area contributed by atoms with E-state index >= 15 is 0 Å². The molecule has 1 aromatic heterocycles. The van der Waals surface area contributed by atoms with Gasteiger partial charge < -0.3 is 15.0 Å². The lowest BCUT2D eigenvalue weighted by Gasteiger charge is -2.29. The van der Waals surface area contributed by atoms with E-state index in [0.29, 0.717) is 18.1 Å². The van der Waals surface area contributed by atoms with E-state index in [4.69, 9.17) is 0 Å². The Bertz CT molecular complexity index is 444. The van der Waals surface area contributed by atoms with Crippen molar-refractivity contribution in [3.63, 3.8) is 0 Å². The van der Waals surface area contributed by atoms with E-state index < -0.39 is 0 Å². The number of rotatable bonds is 3. The Labute approximate surface area is 107 Å². The molecular formula is C13H21N3O2. The smallest absolute Gasteiger partial charge is 0.252 e. The molecule has 18 heavy (non-hydrogen) atoms. The first-order valence-electron chi connectivity index (χ1n) is 6.72. The number of aromatic amines is 1. The Hall–Kier alpha value is -1.36. The van der Waals surface area contributed by atoms with Crippen molar-refractivity contribution in [2.24, 2.45) is 0 Å². The molecule has 0 aliphatic carbocycles. The number of hydrogen-bond acceptors (Lipinski definition) is 4. The van der Waals surface area contributed by atoms with Gasteiger partial charge in [-0.2, -0.15) is 0 Å². The molecule has 1 atom stereocenters. The van der Waals surface area contributed by atoms with E-state index in [2.05, 4.69) is 14.9 Å². The Morgan fingerprint density at radius 3 is 3.06 bits per heavy atom. The van der Waals surface area contributed by atoms with Crippen LogP contribution in [-0.2, 0) is 6.42 Å². The van der Waals surface area contributed by atoms with Gasteiger partial charge in [0.2, 0.25) is 0 Å². The first-order chi connectivity index (χ1) is 8.74. The zero-order valence-corrected chi connectivity index (χ0v) is 10.9. The highest BCUT2D eigenvalue weighted by molar-refractivity contribution is 5.39. The molecule has 0 amide bonds. The molecule has 5 nitrogen and oxygen atoms in total. The lowest BCUT2D eigenvalue weighted by atomic mass is 10.1. The van der Waals surface area contributed by atoms with Gasteiger partial charge in [0.25, 0.3) is 5.56 Å². The fraction of sp³-hybridized carbons (Fsp3) is 0.692. The van der Waals surface area contributed by atoms with Crippen LogP contribution < -0.4 is 10.5 Å². The van der Waals surface area contributed by atoms with Crippen molar-refractivity contribution < 1.29 is 5.11 Å². The van der Waals surface area contributed by atoms with Crippen molar-refractivity contribution in [1.29, 1.82) is 0 Å². The molecular weight excluding hydrogens is 230 g/mol. The van der Waals surface area contributed by atoms with Crippen molar-refractivity contribution in [3.05, 3.63) is 22.2 Å². The first-order valence-corrected chi connectivity index (χ1v) is 6.72. The van der Waals surface area contributed by atoms with Crippen LogP contribution in [0.25, 0.3) is 0 Å². The zero-order valence-electron chi connectivity index (χ0n) is 10.9. The summed E-state index contributed by atoms with van der Waals surface area (Å²) in [6.45, 7) is 2.95. The lowest BCUT2D eigenvalue weighted by molar-refractivity contribution is 0.254. The van der Waals surface area contributed by atoms with Gasteiger partial charge in [-0.15, -0.1) is 0 Å². The number of aryl methyl sites for hydroxylation is 1. The van der Waals surface area contributed by atoms with Crippen molar-refractivity contribution in [3.8, 4) is 0 Å². The normalized spacial score (nSPS) is 20.8. The van der Waals surface area contributed by atoms with Crippen LogP contribution in [0, 0.1) is 0 Å².